The minimum absolute atomic E-state index is 0.0927. The predicted molar refractivity (Wildman–Crippen MR) is 104 cm³/mol. The van der Waals surface area contributed by atoms with Gasteiger partial charge in [0.1, 0.15) is 5.69 Å². The van der Waals surface area contributed by atoms with Crippen LogP contribution < -0.4 is 4.90 Å². The Bertz CT molecular complexity index is 934. The molecule has 138 valence electrons. The summed E-state index contributed by atoms with van der Waals surface area (Å²) in [6, 6.07) is 11.1. The van der Waals surface area contributed by atoms with E-state index < -0.39 is 0 Å². The van der Waals surface area contributed by atoms with Crippen LogP contribution in [0.4, 0.5) is 5.69 Å². The van der Waals surface area contributed by atoms with Crippen molar-refractivity contribution < 1.29 is 9.59 Å². The molecule has 27 heavy (non-hydrogen) atoms. The Morgan fingerprint density at radius 3 is 2.41 bits per heavy atom. The lowest BCUT2D eigenvalue weighted by molar-refractivity contribution is -0.890. The summed E-state index contributed by atoms with van der Waals surface area (Å²) >= 11 is 0. The maximum Gasteiger partial charge on any atom is 0.215 e. The summed E-state index contributed by atoms with van der Waals surface area (Å²) in [5.41, 5.74) is 3.03. The highest BCUT2D eigenvalue weighted by atomic mass is 16.3. The van der Waals surface area contributed by atoms with Crippen molar-refractivity contribution in [1.82, 2.24) is 19.9 Å². The lowest BCUT2D eigenvalue weighted by Crippen LogP contribution is -2.54. The minimum atomic E-state index is -0.0927. The molecule has 4 rings (SSSR count). The first-order chi connectivity index (χ1) is 13.0. The largest absolute Gasteiger partial charge is 0.493 e. The molecule has 1 fully saturated rings. The molecular formula is C20H23N6O+. The number of aromatic nitrogens is 4. The van der Waals surface area contributed by atoms with Crippen LogP contribution in [0.5, 0.6) is 5.88 Å². The van der Waals surface area contributed by atoms with Gasteiger partial charge in [-0.15, -0.1) is 0 Å². The van der Waals surface area contributed by atoms with Crippen LogP contribution >= 0.6 is 0 Å². The monoisotopic (exact) mass is 363 g/mol. The first kappa shape index (κ1) is 17.4. The van der Waals surface area contributed by atoms with Crippen molar-refractivity contribution in [2.75, 3.05) is 45.2 Å². The predicted octanol–water partition coefficient (Wildman–Crippen LogP) is 2.20. The fraction of sp³-hybridized carbons (Fsp3) is 0.300. The molecule has 1 aliphatic heterocycles. The van der Waals surface area contributed by atoms with Crippen LogP contribution in [0.2, 0.25) is 0 Å². The molecule has 0 aliphatic carbocycles. The molecule has 0 aromatic carbocycles. The molecule has 0 amide bonds. The molecule has 0 bridgehead atoms. The molecule has 0 unspecified atom stereocenters. The molecule has 1 saturated heterocycles. The number of quaternary nitrogens is 1. The van der Waals surface area contributed by atoms with Gasteiger partial charge in [0.25, 0.3) is 0 Å². The van der Waals surface area contributed by atoms with Crippen LogP contribution in [0.15, 0.2) is 48.8 Å². The normalized spacial score (nSPS) is 16.3. The summed E-state index contributed by atoms with van der Waals surface area (Å²) in [5.74, 6) is 0.291. The summed E-state index contributed by atoms with van der Waals surface area (Å²) in [5, 5.41) is 10.1. The van der Waals surface area contributed by atoms with Gasteiger partial charge in [0, 0.05) is 24.1 Å². The zero-order valence-electron chi connectivity index (χ0n) is 15.6. The number of piperazine rings is 1. The van der Waals surface area contributed by atoms with Gasteiger partial charge in [-0.25, -0.2) is 4.98 Å². The summed E-state index contributed by atoms with van der Waals surface area (Å²) in [4.78, 5) is 19.8. The van der Waals surface area contributed by atoms with Gasteiger partial charge in [0.2, 0.25) is 5.88 Å². The zero-order valence-corrected chi connectivity index (χ0v) is 15.6. The molecule has 3 aromatic heterocycles. The van der Waals surface area contributed by atoms with Gasteiger partial charge < -0.3 is 14.5 Å². The van der Waals surface area contributed by atoms with E-state index in [2.05, 4.69) is 38.9 Å². The average molecular weight is 363 g/mol. The fourth-order valence-corrected chi connectivity index (χ4v) is 3.20. The van der Waals surface area contributed by atoms with Gasteiger partial charge in [0.15, 0.2) is 5.82 Å². The van der Waals surface area contributed by atoms with Gasteiger partial charge in [-0.1, -0.05) is 6.07 Å². The van der Waals surface area contributed by atoms with Crippen molar-refractivity contribution in [2.45, 2.75) is 0 Å². The zero-order chi connectivity index (χ0) is 18.9. The fourth-order valence-electron chi connectivity index (χ4n) is 3.20. The summed E-state index contributed by atoms with van der Waals surface area (Å²) in [6.07, 6.45) is 3.47. The smallest absolute Gasteiger partial charge is 0.215 e. The Balaban J connectivity index is 1.65. The van der Waals surface area contributed by atoms with Crippen molar-refractivity contribution in [3.8, 4) is 28.8 Å². The maximum absolute atomic E-state index is 10.1. The van der Waals surface area contributed by atoms with E-state index in [0.717, 1.165) is 36.3 Å². The topological polar surface area (TPSA) is 75.0 Å². The van der Waals surface area contributed by atoms with E-state index in [1.165, 1.54) is 6.07 Å². The Labute approximate surface area is 158 Å². The Kier molecular flexibility index (Phi) is 4.45. The lowest BCUT2D eigenvalue weighted by Gasteiger charge is -2.40. The van der Waals surface area contributed by atoms with E-state index in [9.17, 15) is 5.11 Å². The number of rotatable bonds is 3. The second-order valence-corrected chi connectivity index (χ2v) is 7.42. The first-order valence-electron chi connectivity index (χ1n) is 9.03. The standard InChI is InChI=1S/C20H22N6O/c1-26(2)11-9-25(10-12-26)15-6-8-22-17(13-15)18-14-19(27)24-20(23-18)16-5-3-4-7-21-16/h3-8,13-14H,9-12H2,1-2H3/p+1. The number of hydrogen-bond acceptors (Lipinski definition) is 6. The SMILES string of the molecule is C[N+]1(C)CCN(c2ccnc(-c3cc(O)nc(-c4ccccn4)n3)c2)CC1. The molecule has 0 saturated carbocycles. The Hall–Kier alpha value is -3.06. The minimum Gasteiger partial charge on any atom is -0.493 e. The Morgan fingerprint density at radius 1 is 0.889 bits per heavy atom. The van der Waals surface area contributed by atoms with Crippen molar-refractivity contribution in [3.05, 3.63) is 48.8 Å². The second-order valence-electron chi connectivity index (χ2n) is 7.42. The molecule has 1 aliphatic rings. The summed E-state index contributed by atoms with van der Waals surface area (Å²) < 4.78 is 1.04. The summed E-state index contributed by atoms with van der Waals surface area (Å²) in [6.45, 7) is 4.22. The van der Waals surface area contributed by atoms with Gasteiger partial charge in [-0.3, -0.25) is 9.97 Å². The molecule has 0 radical (unpaired) electrons. The maximum atomic E-state index is 10.1. The number of aromatic hydroxyl groups is 1. The molecule has 3 aromatic rings. The molecule has 0 spiro atoms. The van der Waals surface area contributed by atoms with Crippen LogP contribution in [0.25, 0.3) is 22.9 Å². The molecule has 4 heterocycles. The highest BCUT2D eigenvalue weighted by Crippen LogP contribution is 2.26. The highest BCUT2D eigenvalue weighted by molar-refractivity contribution is 5.64. The van der Waals surface area contributed by atoms with E-state index in [0.29, 0.717) is 22.9 Å². The van der Waals surface area contributed by atoms with Gasteiger partial charge in [-0.05, 0) is 24.3 Å². The third-order valence-electron chi connectivity index (χ3n) is 4.93. The quantitative estimate of drug-likeness (QED) is 0.719. The van der Waals surface area contributed by atoms with Crippen molar-refractivity contribution in [3.63, 3.8) is 0 Å². The van der Waals surface area contributed by atoms with Crippen LogP contribution in [-0.2, 0) is 0 Å². The number of anilines is 1. The van der Waals surface area contributed by atoms with E-state index in [4.69, 9.17) is 0 Å². The molecular weight excluding hydrogens is 340 g/mol. The number of hydrogen-bond donors (Lipinski definition) is 1. The van der Waals surface area contributed by atoms with Crippen molar-refractivity contribution in [2.24, 2.45) is 0 Å². The van der Waals surface area contributed by atoms with E-state index >= 15 is 0 Å². The molecule has 0 atom stereocenters. The van der Waals surface area contributed by atoms with Gasteiger partial charge in [-0.2, -0.15) is 4.98 Å². The number of nitrogens with zero attached hydrogens (tertiary/aromatic N) is 6. The van der Waals surface area contributed by atoms with Gasteiger partial charge in [0.05, 0.1) is 51.7 Å². The number of pyridine rings is 2. The van der Waals surface area contributed by atoms with Crippen LogP contribution in [0, 0.1) is 0 Å². The van der Waals surface area contributed by atoms with Gasteiger partial charge >= 0.3 is 0 Å². The van der Waals surface area contributed by atoms with E-state index in [-0.39, 0.29) is 5.88 Å². The third kappa shape index (κ3) is 3.88. The number of likely N-dealkylation sites (N-methyl/N-ethyl adjacent to an activating group) is 1. The third-order valence-corrected chi connectivity index (χ3v) is 4.93. The highest BCUT2D eigenvalue weighted by Gasteiger charge is 2.24. The average Bonchev–Trinajstić information content (AvgIpc) is 2.68. The van der Waals surface area contributed by atoms with Crippen molar-refractivity contribution in [1.29, 1.82) is 0 Å². The molecule has 7 nitrogen and oxygen atoms in total. The second kappa shape index (κ2) is 6.92. The summed E-state index contributed by atoms with van der Waals surface area (Å²) in [7, 11) is 4.52. The van der Waals surface area contributed by atoms with Crippen LogP contribution in [0.3, 0.4) is 0 Å². The van der Waals surface area contributed by atoms with Crippen molar-refractivity contribution >= 4 is 5.69 Å². The lowest BCUT2D eigenvalue weighted by atomic mass is 10.2. The first-order valence-corrected chi connectivity index (χ1v) is 9.03. The van der Waals surface area contributed by atoms with E-state index in [1.54, 1.807) is 12.4 Å². The molecule has 1 N–H and O–H groups in total. The van der Waals surface area contributed by atoms with Crippen LogP contribution in [0.1, 0.15) is 0 Å². The Morgan fingerprint density at radius 2 is 1.67 bits per heavy atom. The van der Waals surface area contributed by atoms with Crippen LogP contribution in [-0.4, -0.2) is 69.8 Å². The van der Waals surface area contributed by atoms with E-state index in [1.807, 2.05) is 30.3 Å². The molecule has 7 heteroatoms.